The first-order chi connectivity index (χ1) is 6.58. The molecular formula is C11H18O3. The predicted molar refractivity (Wildman–Crippen MR) is 53.9 cm³/mol. The summed E-state index contributed by atoms with van der Waals surface area (Å²) in [6.07, 6.45) is 2.72. The van der Waals surface area contributed by atoms with Gasteiger partial charge in [0.15, 0.2) is 0 Å². The largest absolute Gasteiger partial charge is 0.469 e. The average molecular weight is 198 g/mol. The molecule has 0 saturated carbocycles. The Morgan fingerprint density at radius 1 is 1.64 bits per heavy atom. The van der Waals surface area contributed by atoms with Gasteiger partial charge in [0.1, 0.15) is 0 Å². The molecule has 1 rings (SSSR count). The summed E-state index contributed by atoms with van der Waals surface area (Å²) < 4.78 is 10.2. The van der Waals surface area contributed by atoms with Gasteiger partial charge in [-0.2, -0.15) is 0 Å². The fourth-order valence-corrected chi connectivity index (χ4v) is 1.70. The minimum atomic E-state index is -0.477. The van der Waals surface area contributed by atoms with Gasteiger partial charge in [-0.05, 0) is 26.2 Å². The number of esters is 1. The summed E-state index contributed by atoms with van der Waals surface area (Å²) in [7, 11) is 1.42. The van der Waals surface area contributed by atoms with Crippen molar-refractivity contribution in [2.45, 2.75) is 26.2 Å². The monoisotopic (exact) mass is 198 g/mol. The summed E-state index contributed by atoms with van der Waals surface area (Å²) in [5.74, 6) is -0.176. The predicted octanol–water partition coefficient (Wildman–Crippen LogP) is 1.92. The van der Waals surface area contributed by atoms with Crippen LogP contribution in [0, 0.1) is 5.41 Å². The van der Waals surface area contributed by atoms with Gasteiger partial charge in [0, 0.05) is 0 Å². The van der Waals surface area contributed by atoms with E-state index < -0.39 is 5.41 Å². The van der Waals surface area contributed by atoms with Gasteiger partial charge >= 0.3 is 5.97 Å². The number of ether oxygens (including phenoxy) is 2. The zero-order valence-electron chi connectivity index (χ0n) is 8.97. The zero-order valence-corrected chi connectivity index (χ0v) is 8.97. The lowest BCUT2D eigenvalue weighted by Gasteiger charge is -2.28. The van der Waals surface area contributed by atoms with E-state index in [1.54, 1.807) is 0 Å². The number of methoxy groups -OCH3 is 1. The summed E-state index contributed by atoms with van der Waals surface area (Å²) in [6, 6.07) is 0. The van der Waals surface area contributed by atoms with Crippen LogP contribution in [0.25, 0.3) is 0 Å². The van der Waals surface area contributed by atoms with Crippen LogP contribution in [-0.4, -0.2) is 26.3 Å². The topological polar surface area (TPSA) is 35.5 Å². The van der Waals surface area contributed by atoms with Crippen LogP contribution < -0.4 is 0 Å². The van der Waals surface area contributed by atoms with Crippen LogP contribution >= 0.6 is 0 Å². The van der Waals surface area contributed by atoms with Crippen molar-refractivity contribution in [3.63, 3.8) is 0 Å². The second kappa shape index (κ2) is 4.60. The molecule has 1 saturated heterocycles. The van der Waals surface area contributed by atoms with Crippen LogP contribution in [0.1, 0.15) is 26.2 Å². The van der Waals surface area contributed by atoms with E-state index in [0.717, 1.165) is 24.8 Å². The van der Waals surface area contributed by atoms with E-state index >= 15 is 0 Å². The molecular weight excluding hydrogens is 180 g/mol. The van der Waals surface area contributed by atoms with Crippen molar-refractivity contribution in [2.75, 3.05) is 20.3 Å². The normalized spacial score (nSPS) is 29.1. The maximum Gasteiger partial charge on any atom is 0.313 e. The maximum absolute atomic E-state index is 11.5. The van der Waals surface area contributed by atoms with E-state index in [2.05, 4.69) is 6.58 Å². The van der Waals surface area contributed by atoms with E-state index in [1.807, 2.05) is 6.92 Å². The van der Waals surface area contributed by atoms with Crippen molar-refractivity contribution in [1.29, 1.82) is 0 Å². The fourth-order valence-electron chi connectivity index (χ4n) is 1.70. The van der Waals surface area contributed by atoms with Crippen molar-refractivity contribution in [2.24, 2.45) is 5.41 Å². The first-order valence-electron chi connectivity index (χ1n) is 4.91. The Morgan fingerprint density at radius 3 is 3.00 bits per heavy atom. The highest BCUT2D eigenvalue weighted by Gasteiger charge is 2.35. The molecule has 0 radical (unpaired) electrons. The Kier molecular flexibility index (Phi) is 3.69. The SMILES string of the molecule is C=C1CCCC(C)(C(=O)OC)COC1. The van der Waals surface area contributed by atoms with Crippen LogP contribution in [0.5, 0.6) is 0 Å². The van der Waals surface area contributed by atoms with Crippen molar-refractivity contribution in [3.8, 4) is 0 Å². The number of carbonyl (C=O) groups excluding carboxylic acids is 1. The second-order valence-electron chi connectivity index (χ2n) is 4.15. The highest BCUT2D eigenvalue weighted by atomic mass is 16.5. The lowest BCUT2D eigenvalue weighted by molar-refractivity contribution is -0.156. The van der Waals surface area contributed by atoms with E-state index in [1.165, 1.54) is 7.11 Å². The van der Waals surface area contributed by atoms with Gasteiger partial charge in [-0.15, -0.1) is 0 Å². The summed E-state index contributed by atoms with van der Waals surface area (Å²) >= 11 is 0. The Morgan fingerprint density at radius 2 is 2.36 bits per heavy atom. The molecule has 1 fully saturated rings. The zero-order chi connectivity index (χ0) is 10.6. The standard InChI is InChI=1S/C11H18O3/c1-9-5-4-6-11(2,8-14-7-9)10(12)13-3/h1,4-8H2,2-3H3. The molecule has 0 N–H and O–H groups in total. The molecule has 1 heterocycles. The van der Waals surface area contributed by atoms with Crippen molar-refractivity contribution in [3.05, 3.63) is 12.2 Å². The molecule has 0 amide bonds. The fraction of sp³-hybridized carbons (Fsp3) is 0.727. The summed E-state index contributed by atoms with van der Waals surface area (Å²) in [5.41, 5.74) is 0.632. The molecule has 0 bridgehead atoms. The van der Waals surface area contributed by atoms with E-state index in [0.29, 0.717) is 13.2 Å². The Bertz CT molecular complexity index is 221. The van der Waals surface area contributed by atoms with E-state index in [4.69, 9.17) is 9.47 Å². The molecule has 14 heavy (non-hydrogen) atoms. The number of rotatable bonds is 1. The molecule has 1 atom stereocenters. The second-order valence-corrected chi connectivity index (χ2v) is 4.15. The smallest absolute Gasteiger partial charge is 0.313 e. The molecule has 0 aromatic rings. The first kappa shape index (κ1) is 11.2. The van der Waals surface area contributed by atoms with Crippen LogP contribution in [0.15, 0.2) is 12.2 Å². The lowest BCUT2D eigenvalue weighted by atomic mass is 9.84. The van der Waals surface area contributed by atoms with Gasteiger partial charge < -0.3 is 9.47 Å². The molecule has 0 aromatic carbocycles. The summed E-state index contributed by atoms with van der Waals surface area (Å²) in [5, 5.41) is 0. The molecule has 1 unspecified atom stereocenters. The third kappa shape index (κ3) is 2.58. The highest BCUT2D eigenvalue weighted by molar-refractivity contribution is 5.76. The minimum Gasteiger partial charge on any atom is -0.469 e. The molecule has 1 aliphatic rings. The van der Waals surface area contributed by atoms with Crippen molar-refractivity contribution < 1.29 is 14.3 Å². The van der Waals surface area contributed by atoms with Crippen LogP contribution in [-0.2, 0) is 14.3 Å². The third-order valence-corrected chi connectivity index (χ3v) is 2.66. The minimum absolute atomic E-state index is 0.176. The van der Waals surface area contributed by atoms with Gasteiger partial charge in [-0.1, -0.05) is 12.2 Å². The molecule has 0 aromatic heterocycles. The molecule has 1 aliphatic heterocycles. The maximum atomic E-state index is 11.5. The first-order valence-corrected chi connectivity index (χ1v) is 4.91. The van der Waals surface area contributed by atoms with E-state index in [-0.39, 0.29) is 5.97 Å². The van der Waals surface area contributed by atoms with Crippen LogP contribution in [0.4, 0.5) is 0 Å². The number of hydrogen-bond donors (Lipinski definition) is 0. The van der Waals surface area contributed by atoms with E-state index in [9.17, 15) is 4.79 Å². The average Bonchev–Trinajstić information content (AvgIpc) is 2.14. The molecule has 80 valence electrons. The Balaban J connectivity index is 2.61. The highest BCUT2D eigenvalue weighted by Crippen LogP contribution is 2.29. The van der Waals surface area contributed by atoms with Crippen LogP contribution in [0.2, 0.25) is 0 Å². The molecule has 0 aliphatic carbocycles. The van der Waals surface area contributed by atoms with Crippen LogP contribution in [0.3, 0.4) is 0 Å². The molecule has 0 spiro atoms. The number of hydrogen-bond acceptors (Lipinski definition) is 3. The van der Waals surface area contributed by atoms with Gasteiger partial charge in [0.25, 0.3) is 0 Å². The van der Waals surface area contributed by atoms with Gasteiger partial charge in [-0.3, -0.25) is 4.79 Å². The Hall–Kier alpha value is -0.830. The van der Waals surface area contributed by atoms with Gasteiger partial charge in [0.05, 0.1) is 25.7 Å². The Labute approximate surface area is 85.1 Å². The molecule has 3 heteroatoms. The number of carbonyl (C=O) groups is 1. The molecule has 3 nitrogen and oxygen atoms in total. The van der Waals surface area contributed by atoms with Gasteiger partial charge in [0.2, 0.25) is 0 Å². The quantitative estimate of drug-likeness (QED) is 0.477. The van der Waals surface area contributed by atoms with Crippen molar-refractivity contribution >= 4 is 5.97 Å². The van der Waals surface area contributed by atoms with Crippen molar-refractivity contribution in [1.82, 2.24) is 0 Å². The summed E-state index contributed by atoms with van der Waals surface area (Å²) in [4.78, 5) is 11.5. The lowest BCUT2D eigenvalue weighted by Crippen LogP contribution is -2.35. The van der Waals surface area contributed by atoms with Gasteiger partial charge in [-0.25, -0.2) is 0 Å². The third-order valence-electron chi connectivity index (χ3n) is 2.66. The summed E-state index contributed by atoms with van der Waals surface area (Å²) in [6.45, 7) is 6.77.